The Morgan fingerprint density at radius 2 is 1.91 bits per heavy atom. The SMILES string of the molecule is COc1ccc2[nH]c3c(=O)n(Cc4ccc(C(=O)NCc5ccccn5)cc4)c(=S)[nH]c3c2c1. The summed E-state index contributed by atoms with van der Waals surface area (Å²) in [5, 5.41) is 3.69. The molecule has 3 N–H and O–H groups in total. The maximum atomic E-state index is 13.2. The maximum Gasteiger partial charge on any atom is 0.278 e. The minimum atomic E-state index is -0.217. The van der Waals surface area contributed by atoms with Crippen LogP contribution in [0.3, 0.4) is 0 Å². The van der Waals surface area contributed by atoms with Crippen LogP contribution >= 0.6 is 12.2 Å². The van der Waals surface area contributed by atoms with Gasteiger partial charge in [-0.15, -0.1) is 0 Å². The average Bonchev–Trinajstić information content (AvgIpc) is 3.24. The number of benzene rings is 2. The number of hydrogen-bond acceptors (Lipinski definition) is 5. The zero-order valence-electron chi connectivity index (χ0n) is 18.3. The molecule has 0 atom stereocenters. The Morgan fingerprint density at radius 1 is 1.09 bits per heavy atom. The third-order valence-electron chi connectivity index (χ3n) is 5.65. The Morgan fingerprint density at radius 3 is 2.65 bits per heavy atom. The molecule has 0 aliphatic rings. The van der Waals surface area contributed by atoms with Gasteiger partial charge < -0.3 is 20.0 Å². The van der Waals surface area contributed by atoms with Gasteiger partial charge in [0.2, 0.25) is 0 Å². The lowest BCUT2D eigenvalue weighted by Gasteiger charge is -2.08. The normalized spacial score (nSPS) is 11.1. The van der Waals surface area contributed by atoms with Crippen molar-refractivity contribution in [2.24, 2.45) is 0 Å². The summed E-state index contributed by atoms with van der Waals surface area (Å²) in [5.41, 5.74) is 3.86. The summed E-state index contributed by atoms with van der Waals surface area (Å²) in [6.45, 7) is 0.626. The number of ether oxygens (including phenoxy) is 1. The minimum Gasteiger partial charge on any atom is -0.497 e. The number of fused-ring (bicyclic) bond motifs is 3. The molecule has 8 nitrogen and oxygen atoms in total. The van der Waals surface area contributed by atoms with E-state index in [2.05, 4.69) is 20.3 Å². The molecule has 0 saturated carbocycles. The Balaban J connectivity index is 1.38. The molecule has 0 spiro atoms. The molecule has 1 amide bonds. The molecule has 3 aromatic heterocycles. The van der Waals surface area contributed by atoms with Gasteiger partial charge in [-0.25, -0.2) is 0 Å². The highest BCUT2D eigenvalue weighted by Gasteiger charge is 2.13. The van der Waals surface area contributed by atoms with Gasteiger partial charge in [0.1, 0.15) is 11.3 Å². The number of rotatable bonds is 6. The molecular formula is C25H21N5O3S. The summed E-state index contributed by atoms with van der Waals surface area (Å²) in [7, 11) is 1.60. The number of amides is 1. The first kappa shape index (κ1) is 21.6. The number of hydrogen-bond donors (Lipinski definition) is 3. The first-order valence-electron chi connectivity index (χ1n) is 10.6. The molecule has 0 bridgehead atoms. The van der Waals surface area contributed by atoms with Crippen molar-refractivity contribution in [2.45, 2.75) is 13.1 Å². The molecule has 0 radical (unpaired) electrons. The summed E-state index contributed by atoms with van der Waals surface area (Å²) in [6.07, 6.45) is 1.69. The maximum absolute atomic E-state index is 13.2. The highest BCUT2D eigenvalue weighted by Crippen LogP contribution is 2.26. The molecule has 5 rings (SSSR count). The molecule has 3 heterocycles. The van der Waals surface area contributed by atoms with Crippen molar-refractivity contribution in [2.75, 3.05) is 7.11 Å². The number of nitrogens with zero attached hydrogens (tertiary/aromatic N) is 2. The van der Waals surface area contributed by atoms with Crippen LogP contribution in [0.25, 0.3) is 21.9 Å². The molecule has 9 heteroatoms. The van der Waals surface area contributed by atoms with E-state index in [-0.39, 0.29) is 18.0 Å². The van der Waals surface area contributed by atoms with Crippen molar-refractivity contribution in [3.05, 3.63) is 98.8 Å². The van der Waals surface area contributed by atoms with Crippen LogP contribution in [0.2, 0.25) is 0 Å². The molecular weight excluding hydrogens is 450 g/mol. The van der Waals surface area contributed by atoms with E-state index in [1.807, 2.05) is 48.5 Å². The predicted octanol–water partition coefficient (Wildman–Crippen LogP) is 3.92. The van der Waals surface area contributed by atoms with Crippen molar-refractivity contribution in [1.29, 1.82) is 0 Å². The van der Waals surface area contributed by atoms with Crippen LogP contribution in [-0.4, -0.2) is 32.5 Å². The lowest BCUT2D eigenvalue weighted by atomic mass is 10.1. The molecule has 0 saturated heterocycles. The zero-order chi connectivity index (χ0) is 23.7. The van der Waals surface area contributed by atoms with Gasteiger partial charge in [-0.3, -0.25) is 19.1 Å². The van der Waals surface area contributed by atoms with Crippen molar-refractivity contribution < 1.29 is 9.53 Å². The van der Waals surface area contributed by atoms with Crippen LogP contribution in [0.5, 0.6) is 5.75 Å². The Labute approximate surface area is 199 Å². The first-order chi connectivity index (χ1) is 16.5. The van der Waals surface area contributed by atoms with E-state index in [0.717, 1.165) is 22.2 Å². The van der Waals surface area contributed by atoms with Crippen LogP contribution in [0, 0.1) is 4.77 Å². The van der Waals surface area contributed by atoms with Gasteiger partial charge in [0.15, 0.2) is 4.77 Å². The van der Waals surface area contributed by atoms with Gasteiger partial charge in [-0.1, -0.05) is 18.2 Å². The zero-order valence-corrected chi connectivity index (χ0v) is 19.1. The molecule has 0 fully saturated rings. The van der Waals surface area contributed by atoms with Crippen molar-refractivity contribution in [1.82, 2.24) is 24.8 Å². The molecule has 170 valence electrons. The minimum absolute atomic E-state index is 0.193. The largest absolute Gasteiger partial charge is 0.497 e. The van der Waals surface area contributed by atoms with E-state index in [1.54, 1.807) is 25.4 Å². The fourth-order valence-corrected chi connectivity index (χ4v) is 4.10. The predicted molar refractivity (Wildman–Crippen MR) is 133 cm³/mol. The molecule has 0 aliphatic heterocycles. The van der Waals surface area contributed by atoms with Crippen LogP contribution in [0.15, 0.2) is 71.7 Å². The van der Waals surface area contributed by atoms with E-state index in [4.69, 9.17) is 17.0 Å². The summed E-state index contributed by atoms with van der Waals surface area (Å²) in [6, 6.07) is 18.2. The highest BCUT2D eigenvalue weighted by atomic mass is 32.1. The van der Waals surface area contributed by atoms with Crippen LogP contribution in [0.4, 0.5) is 0 Å². The number of carbonyl (C=O) groups excluding carboxylic acids is 1. The number of methoxy groups -OCH3 is 1. The molecule has 5 aromatic rings. The van der Waals surface area contributed by atoms with Crippen LogP contribution < -0.4 is 15.6 Å². The van der Waals surface area contributed by atoms with E-state index in [0.29, 0.717) is 33.7 Å². The summed E-state index contributed by atoms with van der Waals surface area (Å²) in [5.74, 6) is 0.502. The number of pyridine rings is 1. The van der Waals surface area contributed by atoms with Gasteiger partial charge in [-0.05, 0) is 60.2 Å². The number of aromatic nitrogens is 4. The highest BCUT2D eigenvalue weighted by molar-refractivity contribution is 7.71. The van der Waals surface area contributed by atoms with Gasteiger partial charge in [0.05, 0.1) is 31.4 Å². The Bertz CT molecular complexity index is 1620. The van der Waals surface area contributed by atoms with Gasteiger partial charge in [-0.2, -0.15) is 0 Å². The molecule has 0 aliphatic carbocycles. The lowest BCUT2D eigenvalue weighted by molar-refractivity contribution is 0.0950. The lowest BCUT2D eigenvalue weighted by Crippen LogP contribution is -2.24. The van der Waals surface area contributed by atoms with Crippen molar-refractivity contribution >= 4 is 40.1 Å². The molecule has 2 aromatic carbocycles. The van der Waals surface area contributed by atoms with Crippen molar-refractivity contribution in [3.8, 4) is 5.75 Å². The number of nitrogens with one attached hydrogen (secondary N) is 3. The van der Waals surface area contributed by atoms with E-state index >= 15 is 0 Å². The summed E-state index contributed by atoms with van der Waals surface area (Å²) >= 11 is 5.50. The van der Waals surface area contributed by atoms with Crippen LogP contribution in [0.1, 0.15) is 21.6 Å². The second-order valence-corrected chi connectivity index (χ2v) is 8.20. The van der Waals surface area contributed by atoms with E-state index in [9.17, 15) is 9.59 Å². The standard InChI is InChI=1S/C25H21N5O3S/c1-33-18-9-10-20-19(12-18)21-22(28-20)24(32)30(25(34)29-21)14-15-5-7-16(8-6-15)23(31)27-13-17-4-2-3-11-26-17/h2-12,28H,13-14H2,1H3,(H,27,31)(H,29,34). The third kappa shape index (κ3) is 4.08. The number of H-pyrrole nitrogens is 2. The second-order valence-electron chi connectivity index (χ2n) is 7.81. The quantitative estimate of drug-likeness (QED) is 0.326. The fraction of sp³-hybridized carbons (Fsp3) is 0.120. The van der Waals surface area contributed by atoms with E-state index < -0.39 is 0 Å². The topological polar surface area (TPSA) is 105 Å². The Kier molecular flexibility index (Phi) is 5.69. The Hall–Kier alpha value is -4.24. The number of carbonyl (C=O) groups is 1. The van der Waals surface area contributed by atoms with Crippen molar-refractivity contribution in [3.63, 3.8) is 0 Å². The molecule has 0 unspecified atom stereocenters. The van der Waals surface area contributed by atoms with Gasteiger partial charge >= 0.3 is 0 Å². The monoisotopic (exact) mass is 471 g/mol. The van der Waals surface area contributed by atoms with Gasteiger partial charge in [0.25, 0.3) is 11.5 Å². The average molecular weight is 472 g/mol. The van der Waals surface area contributed by atoms with Crippen LogP contribution in [-0.2, 0) is 13.1 Å². The van der Waals surface area contributed by atoms with Gasteiger partial charge in [0, 0.05) is 22.7 Å². The van der Waals surface area contributed by atoms with E-state index in [1.165, 1.54) is 4.57 Å². The summed E-state index contributed by atoms with van der Waals surface area (Å²) in [4.78, 5) is 36.2. The summed E-state index contributed by atoms with van der Waals surface area (Å²) < 4.78 is 7.12. The third-order valence-corrected chi connectivity index (χ3v) is 5.98. The first-order valence-corrected chi connectivity index (χ1v) is 11.0. The fourth-order valence-electron chi connectivity index (χ4n) is 3.85. The second kappa shape index (κ2) is 8.95. The number of aromatic amines is 2. The molecule has 34 heavy (non-hydrogen) atoms. The smallest absolute Gasteiger partial charge is 0.278 e.